The van der Waals surface area contributed by atoms with Crippen LogP contribution in [0.3, 0.4) is 0 Å². The standard InChI is InChI=1S/C10H13BrFNO/c1-6(13)8-3-7(5-14-2)4-9(11)10(8)12/h3-4,6H,5,13H2,1-2H3. The molecule has 0 saturated heterocycles. The first-order chi connectivity index (χ1) is 6.56. The van der Waals surface area contributed by atoms with Gasteiger partial charge in [-0.05, 0) is 40.5 Å². The molecule has 14 heavy (non-hydrogen) atoms. The third-order valence-electron chi connectivity index (χ3n) is 1.92. The van der Waals surface area contributed by atoms with Crippen molar-refractivity contribution >= 4 is 15.9 Å². The maximum absolute atomic E-state index is 13.5. The number of nitrogens with two attached hydrogens (primary N) is 1. The molecule has 4 heteroatoms. The number of hydrogen-bond acceptors (Lipinski definition) is 2. The number of benzene rings is 1. The molecule has 0 aliphatic carbocycles. The molecule has 0 aliphatic rings. The zero-order valence-corrected chi connectivity index (χ0v) is 9.77. The van der Waals surface area contributed by atoms with E-state index in [0.29, 0.717) is 16.6 Å². The third-order valence-corrected chi connectivity index (χ3v) is 2.49. The second kappa shape index (κ2) is 4.87. The lowest BCUT2D eigenvalue weighted by Gasteiger charge is -2.11. The lowest BCUT2D eigenvalue weighted by Crippen LogP contribution is -2.08. The summed E-state index contributed by atoms with van der Waals surface area (Å²) in [7, 11) is 1.60. The summed E-state index contributed by atoms with van der Waals surface area (Å²) in [6, 6.07) is 3.11. The molecule has 2 N–H and O–H groups in total. The molecular formula is C10H13BrFNO. The molecule has 0 aromatic heterocycles. The van der Waals surface area contributed by atoms with Crippen molar-refractivity contribution in [2.24, 2.45) is 5.73 Å². The molecule has 0 spiro atoms. The highest BCUT2D eigenvalue weighted by molar-refractivity contribution is 9.10. The minimum Gasteiger partial charge on any atom is -0.380 e. The summed E-state index contributed by atoms with van der Waals surface area (Å²) in [6.45, 7) is 2.21. The van der Waals surface area contributed by atoms with E-state index in [2.05, 4.69) is 15.9 Å². The highest BCUT2D eigenvalue weighted by atomic mass is 79.9. The van der Waals surface area contributed by atoms with Crippen LogP contribution in [0.15, 0.2) is 16.6 Å². The first kappa shape index (κ1) is 11.6. The van der Waals surface area contributed by atoms with Crippen LogP contribution in [0.25, 0.3) is 0 Å². The van der Waals surface area contributed by atoms with Crippen molar-refractivity contribution in [3.05, 3.63) is 33.5 Å². The summed E-state index contributed by atoms with van der Waals surface area (Å²) >= 11 is 3.15. The monoisotopic (exact) mass is 261 g/mol. The van der Waals surface area contributed by atoms with Crippen LogP contribution in [-0.2, 0) is 11.3 Å². The fourth-order valence-corrected chi connectivity index (χ4v) is 1.77. The van der Waals surface area contributed by atoms with E-state index < -0.39 is 0 Å². The van der Waals surface area contributed by atoms with Crippen molar-refractivity contribution in [3.8, 4) is 0 Å². The first-order valence-electron chi connectivity index (χ1n) is 4.28. The predicted molar refractivity (Wildman–Crippen MR) is 57.4 cm³/mol. The largest absolute Gasteiger partial charge is 0.380 e. The van der Waals surface area contributed by atoms with Gasteiger partial charge in [-0.1, -0.05) is 0 Å². The van der Waals surface area contributed by atoms with Crippen molar-refractivity contribution in [1.82, 2.24) is 0 Å². The molecule has 0 saturated carbocycles. The highest BCUT2D eigenvalue weighted by Crippen LogP contribution is 2.25. The Labute approximate surface area is 91.4 Å². The minimum atomic E-state index is -0.317. The van der Waals surface area contributed by atoms with Gasteiger partial charge in [0.2, 0.25) is 0 Å². The van der Waals surface area contributed by atoms with E-state index in [1.165, 1.54) is 0 Å². The molecule has 78 valence electrons. The first-order valence-corrected chi connectivity index (χ1v) is 5.08. The molecule has 1 unspecified atom stereocenters. The number of hydrogen-bond donors (Lipinski definition) is 1. The van der Waals surface area contributed by atoms with E-state index in [1.807, 2.05) is 0 Å². The maximum atomic E-state index is 13.5. The average Bonchev–Trinajstić information content (AvgIpc) is 2.11. The second-order valence-electron chi connectivity index (χ2n) is 3.20. The Kier molecular flexibility index (Phi) is 4.04. The van der Waals surface area contributed by atoms with E-state index in [1.54, 1.807) is 26.2 Å². The van der Waals surface area contributed by atoms with Crippen LogP contribution in [0.2, 0.25) is 0 Å². The zero-order chi connectivity index (χ0) is 10.7. The van der Waals surface area contributed by atoms with Crippen LogP contribution in [0.4, 0.5) is 4.39 Å². The van der Waals surface area contributed by atoms with Gasteiger partial charge in [0.25, 0.3) is 0 Å². The van der Waals surface area contributed by atoms with Gasteiger partial charge in [0, 0.05) is 18.7 Å². The molecule has 0 amide bonds. The van der Waals surface area contributed by atoms with E-state index in [4.69, 9.17) is 10.5 Å². The van der Waals surface area contributed by atoms with E-state index >= 15 is 0 Å². The van der Waals surface area contributed by atoms with Gasteiger partial charge in [0.05, 0.1) is 11.1 Å². The molecule has 1 rings (SSSR count). The second-order valence-corrected chi connectivity index (χ2v) is 4.06. The van der Waals surface area contributed by atoms with Crippen LogP contribution in [0.1, 0.15) is 24.1 Å². The molecule has 1 atom stereocenters. The van der Waals surface area contributed by atoms with Gasteiger partial charge in [-0.25, -0.2) is 4.39 Å². The number of ether oxygens (including phenoxy) is 1. The quantitative estimate of drug-likeness (QED) is 0.909. The van der Waals surface area contributed by atoms with E-state index in [-0.39, 0.29) is 11.9 Å². The van der Waals surface area contributed by atoms with Gasteiger partial charge in [-0.15, -0.1) is 0 Å². The third kappa shape index (κ3) is 2.53. The lowest BCUT2D eigenvalue weighted by molar-refractivity contribution is 0.184. The predicted octanol–water partition coefficient (Wildman–Crippen LogP) is 2.75. The summed E-state index contributed by atoms with van der Waals surface area (Å²) in [4.78, 5) is 0. The van der Waals surface area contributed by atoms with Gasteiger partial charge in [-0.3, -0.25) is 0 Å². The SMILES string of the molecule is COCc1cc(Br)c(F)c(C(C)N)c1. The van der Waals surface area contributed by atoms with Crippen LogP contribution < -0.4 is 5.73 Å². The van der Waals surface area contributed by atoms with Crippen molar-refractivity contribution in [1.29, 1.82) is 0 Å². The molecule has 0 bridgehead atoms. The van der Waals surface area contributed by atoms with Crippen molar-refractivity contribution in [2.75, 3.05) is 7.11 Å². The molecule has 2 nitrogen and oxygen atoms in total. The molecular weight excluding hydrogens is 249 g/mol. The summed E-state index contributed by atoms with van der Waals surface area (Å²) in [5.74, 6) is -0.292. The molecule has 1 aromatic carbocycles. The van der Waals surface area contributed by atoms with Crippen LogP contribution in [-0.4, -0.2) is 7.11 Å². The lowest BCUT2D eigenvalue weighted by atomic mass is 10.1. The van der Waals surface area contributed by atoms with Crippen LogP contribution >= 0.6 is 15.9 Å². The van der Waals surface area contributed by atoms with Crippen molar-refractivity contribution in [2.45, 2.75) is 19.6 Å². The van der Waals surface area contributed by atoms with E-state index in [0.717, 1.165) is 5.56 Å². The number of halogens is 2. The average molecular weight is 262 g/mol. The van der Waals surface area contributed by atoms with Gasteiger partial charge in [0.15, 0.2) is 0 Å². The Morgan fingerprint density at radius 3 is 2.71 bits per heavy atom. The van der Waals surface area contributed by atoms with Gasteiger partial charge >= 0.3 is 0 Å². The summed E-state index contributed by atoms with van der Waals surface area (Å²) in [5.41, 5.74) is 7.06. The van der Waals surface area contributed by atoms with Gasteiger partial charge in [-0.2, -0.15) is 0 Å². The van der Waals surface area contributed by atoms with Crippen molar-refractivity contribution < 1.29 is 9.13 Å². The van der Waals surface area contributed by atoms with Crippen molar-refractivity contribution in [3.63, 3.8) is 0 Å². The Morgan fingerprint density at radius 1 is 1.57 bits per heavy atom. The fourth-order valence-electron chi connectivity index (χ4n) is 1.25. The summed E-state index contributed by atoms with van der Waals surface area (Å²) in [5, 5.41) is 0. The minimum absolute atomic E-state index is 0.292. The fraction of sp³-hybridized carbons (Fsp3) is 0.400. The molecule has 0 aliphatic heterocycles. The molecule has 0 heterocycles. The Morgan fingerprint density at radius 2 is 2.21 bits per heavy atom. The Balaban J connectivity index is 3.14. The Hall–Kier alpha value is -0.450. The topological polar surface area (TPSA) is 35.2 Å². The van der Waals surface area contributed by atoms with Crippen LogP contribution in [0.5, 0.6) is 0 Å². The van der Waals surface area contributed by atoms with Crippen LogP contribution in [0, 0.1) is 5.82 Å². The normalized spacial score (nSPS) is 12.9. The smallest absolute Gasteiger partial charge is 0.142 e. The summed E-state index contributed by atoms with van der Waals surface area (Å²) in [6.07, 6.45) is 0. The molecule has 0 fully saturated rings. The van der Waals surface area contributed by atoms with Gasteiger partial charge < -0.3 is 10.5 Å². The Bertz CT molecular complexity index is 328. The molecule has 1 aromatic rings. The summed E-state index contributed by atoms with van der Waals surface area (Å²) < 4.78 is 18.9. The zero-order valence-electron chi connectivity index (χ0n) is 8.18. The number of methoxy groups -OCH3 is 1. The van der Waals surface area contributed by atoms with Gasteiger partial charge in [0.1, 0.15) is 5.82 Å². The van der Waals surface area contributed by atoms with E-state index in [9.17, 15) is 4.39 Å². The highest BCUT2D eigenvalue weighted by Gasteiger charge is 2.11. The maximum Gasteiger partial charge on any atom is 0.142 e. The number of rotatable bonds is 3. The molecule has 0 radical (unpaired) electrons.